The van der Waals surface area contributed by atoms with Crippen LogP contribution in [0.2, 0.25) is 0 Å². The minimum Gasteiger partial charge on any atom is -0.480 e. The van der Waals surface area contributed by atoms with Crippen LogP contribution < -0.4 is 0 Å². The summed E-state index contributed by atoms with van der Waals surface area (Å²) >= 11 is 0. The van der Waals surface area contributed by atoms with Gasteiger partial charge in [-0.1, -0.05) is 54.6 Å². The Kier molecular flexibility index (Phi) is 6.57. The van der Waals surface area contributed by atoms with E-state index in [4.69, 9.17) is 4.74 Å². The number of carbonyl (C=O) groups is 3. The number of benzene rings is 2. The van der Waals surface area contributed by atoms with E-state index in [2.05, 4.69) is 0 Å². The molecule has 0 aliphatic carbocycles. The summed E-state index contributed by atoms with van der Waals surface area (Å²) in [6.07, 6.45) is -0.596. The molecule has 0 aromatic heterocycles. The maximum Gasteiger partial charge on any atom is 0.410 e. The summed E-state index contributed by atoms with van der Waals surface area (Å²) in [4.78, 5) is 37.4. The van der Waals surface area contributed by atoms with Gasteiger partial charge in [-0.25, -0.2) is 9.59 Å². The molecular formula is C22H25NO5. The Hall–Kier alpha value is -3.15. The second-order valence-corrected chi connectivity index (χ2v) is 7.54. The monoisotopic (exact) mass is 383 g/mol. The molecule has 0 fully saturated rings. The highest BCUT2D eigenvalue weighted by Gasteiger charge is 2.30. The molecule has 6 heteroatoms. The van der Waals surface area contributed by atoms with Crippen molar-refractivity contribution in [2.75, 3.05) is 7.05 Å². The van der Waals surface area contributed by atoms with E-state index in [1.807, 2.05) is 6.07 Å². The molecule has 0 bridgehead atoms. The lowest BCUT2D eigenvalue weighted by atomic mass is 9.99. The molecule has 0 saturated heterocycles. The fraction of sp³-hybridized carbons (Fsp3) is 0.318. The van der Waals surface area contributed by atoms with Crippen LogP contribution in [-0.2, 0) is 16.0 Å². The lowest BCUT2D eigenvalue weighted by Crippen LogP contribution is -2.46. The van der Waals surface area contributed by atoms with E-state index >= 15 is 0 Å². The van der Waals surface area contributed by atoms with Gasteiger partial charge in [0.15, 0.2) is 5.78 Å². The number of ether oxygens (including phenoxy) is 1. The van der Waals surface area contributed by atoms with E-state index < -0.39 is 23.7 Å². The molecule has 2 rings (SSSR count). The predicted octanol–water partition coefficient (Wildman–Crippen LogP) is 3.78. The Morgan fingerprint density at radius 1 is 0.964 bits per heavy atom. The summed E-state index contributed by atoms with van der Waals surface area (Å²) < 4.78 is 5.25. The normalized spacial score (nSPS) is 12.1. The van der Waals surface area contributed by atoms with E-state index in [0.29, 0.717) is 16.7 Å². The van der Waals surface area contributed by atoms with Gasteiger partial charge in [0, 0.05) is 24.6 Å². The number of ketones is 1. The van der Waals surface area contributed by atoms with Gasteiger partial charge < -0.3 is 9.84 Å². The van der Waals surface area contributed by atoms with E-state index in [0.717, 1.165) is 4.90 Å². The molecule has 2 aromatic carbocycles. The van der Waals surface area contributed by atoms with Crippen molar-refractivity contribution in [3.8, 4) is 0 Å². The van der Waals surface area contributed by atoms with Gasteiger partial charge in [0.25, 0.3) is 0 Å². The molecule has 2 aromatic rings. The number of carbonyl (C=O) groups excluding carboxylic acids is 2. The van der Waals surface area contributed by atoms with Gasteiger partial charge in [-0.15, -0.1) is 0 Å². The van der Waals surface area contributed by atoms with Crippen LogP contribution in [0.25, 0.3) is 0 Å². The molecule has 28 heavy (non-hydrogen) atoms. The Labute approximate surface area is 164 Å². The third-order valence-electron chi connectivity index (χ3n) is 4.12. The predicted molar refractivity (Wildman–Crippen MR) is 105 cm³/mol. The van der Waals surface area contributed by atoms with Gasteiger partial charge in [0.2, 0.25) is 0 Å². The quantitative estimate of drug-likeness (QED) is 0.768. The van der Waals surface area contributed by atoms with Crippen molar-refractivity contribution in [3.05, 3.63) is 71.3 Å². The number of hydrogen-bond donors (Lipinski definition) is 1. The van der Waals surface area contributed by atoms with Gasteiger partial charge in [-0.05, 0) is 26.3 Å². The van der Waals surface area contributed by atoms with E-state index in [1.54, 1.807) is 69.3 Å². The lowest BCUT2D eigenvalue weighted by molar-refractivity contribution is -0.142. The summed E-state index contributed by atoms with van der Waals surface area (Å²) in [5.41, 5.74) is 1.09. The standard InChI is InChI=1S/C22H25NO5/c1-22(2,3)28-21(27)23(4)18(20(25)26)14-15-10-12-17(13-11-15)19(24)16-8-6-5-7-9-16/h5-13,18H,14H2,1-4H3,(H,25,26)/t18-/m0/s1. The Morgan fingerprint density at radius 2 is 1.50 bits per heavy atom. The van der Waals surface area contributed by atoms with Crippen LogP contribution in [0.1, 0.15) is 42.3 Å². The Bertz CT molecular complexity index is 837. The molecule has 148 valence electrons. The number of aliphatic carboxylic acids is 1. The van der Waals surface area contributed by atoms with Crippen LogP contribution in [0.4, 0.5) is 4.79 Å². The molecule has 1 amide bonds. The van der Waals surface area contributed by atoms with E-state index in [-0.39, 0.29) is 12.2 Å². The topological polar surface area (TPSA) is 83.9 Å². The highest BCUT2D eigenvalue weighted by atomic mass is 16.6. The zero-order valence-electron chi connectivity index (χ0n) is 16.5. The average molecular weight is 383 g/mol. The van der Waals surface area contributed by atoms with Gasteiger partial charge in [-0.2, -0.15) is 0 Å². The summed E-state index contributed by atoms with van der Waals surface area (Å²) in [6.45, 7) is 5.16. The molecule has 1 N–H and O–H groups in total. The third-order valence-corrected chi connectivity index (χ3v) is 4.12. The zero-order chi connectivity index (χ0) is 20.9. The molecule has 6 nitrogen and oxygen atoms in total. The first kappa shape index (κ1) is 21.2. The fourth-order valence-corrected chi connectivity index (χ4v) is 2.62. The van der Waals surface area contributed by atoms with Crippen molar-refractivity contribution in [1.29, 1.82) is 0 Å². The highest BCUT2D eigenvalue weighted by molar-refractivity contribution is 6.08. The number of carboxylic acid groups (broad SMARTS) is 1. The molecule has 0 heterocycles. The molecule has 0 unspecified atom stereocenters. The van der Waals surface area contributed by atoms with Crippen molar-refractivity contribution in [3.63, 3.8) is 0 Å². The molecule has 0 spiro atoms. The first-order chi connectivity index (χ1) is 13.1. The van der Waals surface area contributed by atoms with E-state index in [1.165, 1.54) is 7.05 Å². The number of likely N-dealkylation sites (N-methyl/N-ethyl adjacent to an activating group) is 1. The van der Waals surface area contributed by atoms with Crippen LogP contribution in [0.3, 0.4) is 0 Å². The second kappa shape index (κ2) is 8.69. The SMILES string of the molecule is CN(C(=O)OC(C)(C)C)[C@@H](Cc1ccc(C(=O)c2ccccc2)cc1)C(=O)O. The molecular weight excluding hydrogens is 358 g/mol. The maximum atomic E-state index is 12.5. The summed E-state index contributed by atoms with van der Waals surface area (Å²) in [7, 11) is 1.40. The first-order valence-corrected chi connectivity index (χ1v) is 8.96. The number of carboxylic acids is 1. The van der Waals surface area contributed by atoms with Crippen LogP contribution >= 0.6 is 0 Å². The minimum absolute atomic E-state index is 0.102. The van der Waals surface area contributed by atoms with Gasteiger partial charge in [-0.3, -0.25) is 9.69 Å². The molecule has 0 saturated carbocycles. The molecule has 0 aliphatic heterocycles. The largest absolute Gasteiger partial charge is 0.480 e. The maximum absolute atomic E-state index is 12.5. The van der Waals surface area contributed by atoms with Crippen LogP contribution in [0.15, 0.2) is 54.6 Å². The number of hydrogen-bond acceptors (Lipinski definition) is 4. The lowest BCUT2D eigenvalue weighted by Gasteiger charge is -2.28. The van der Waals surface area contributed by atoms with Gasteiger partial charge in [0.1, 0.15) is 11.6 Å². The zero-order valence-corrected chi connectivity index (χ0v) is 16.5. The second-order valence-electron chi connectivity index (χ2n) is 7.54. The third kappa shape index (κ3) is 5.67. The summed E-state index contributed by atoms with van der Waals surface area (Å²) in [6, 6.07) is 14.6. The molecule has 0 radical (unpaired) electrons. The molecule has 0 aliphatic rings. The van der Waals surface area contributed by atoms with E-state index in [9.17, 15) is 19.5 Å². The van der Waals surface area contributed by atoms with Crippen LogP contribution in [0.5, 0.6) is 0 Å². The summed E-state index contributed by atoms with van der Waals surface area (Å²) in [5.74, 6) is -1.23. The van der Waals surface area contributed by atoms with Gasteiger partial charge >= 0.3 is 12.1 Å². The minimum atomic E-state index is -1.13. The number of rotatable bonds is 6. The average Bonchev–Trinajstić information content (AvgIpc) is 2.64. The number of amides is 1. The summed E-state index contributed by atoms with van der Waals surface area (Å²) in [5, 5.41) is 9.54. The van der Waals surface area contributed by atoms with Crippen molar-refractivity contribution >= 4 is 17.8 Å². The van der Waals surface area contributed by atoms with Gasteiger partial charge in [0.05, 0.1) is 0 Å². The van der Waals surface area contributed by atoms with Crippen molar-refractivity contribution in [2.24, 2.45) is 0 Å². The van der Waals surface area contributed by atoms with Crippen molar-refractivity contribution in [2.45, 2.75) is 38.8 Å². The smallest absolute Gasteiger partial charge is 0.410 e. The molecule has 1 atom stereocenters. The highest BCUT2D eigenvalue weighted by Crippen LogP contribution is 2.16. The van der Waals surface area contributed by atoms with Crippen LogP contribution in [-0.4, -0.2) is 46.5 Å². The van der Waals surface area contributed by atoms with Crippen molar-refractivity contribution in [1.82, 2.24) is 4.90 Å². The fourth-order valence-electron chi connectivity index (χ4n) is 2.62. The van der Waals surface area contributed by atoms with Crippen LogP contribution in [0, 0.1) is 0 Å². The number of nitrogens with zero attached hydrogens (tertiary/aromatic N) is 1. The Morgan fingerprint density at radius 3 is 2.00 bits per heavy atom. The Balaban J connectivity index is 2.12. The van der Waals surface area contributed by atoms with Crippen molar-refractivity contribution < 1.29 is 24.2 Å². The first-order valence-electron chi connectivity index (χ1n) is 8.96.